The van der Waals surface area contributed by atoms with Gasteiger partial charge in [0.2, 0.25) is 10.0 Å². The first-order chi connectivity index (χ1) is 13.8. The number of aryl methyl sites for hydroxylation is 1. The topological polar surface area (TPSA) is 78.5 Å². The van der Waals surface area contributed by atoms with Gasteiger partial charge in [0.25, 0.3) is 0 Å². The van der Waals surface area contributed by atoms with E-state index in [1.54, 1.807) is 23.5 Å². The number of thiophene rings is 1. The van der Waals surface area contributed by atoms with Gasteiger partial charge < -0.3 is 10.6 Å². The summed E-state index contributed by atoms with van der Waals surface area (Å²) in [5.74, 6) is 0. The first-order valence-electron chi connectivity index (χ1n) is 8.98. The highest BCUT2D eigenvalue weighted by Gasteiger charge is 2.16. The molecule has 2 N–H and O–H groups in total. The lowest BCUT2D eigenvalue weighted by atomic mass is 10.1. The van der Waals surface area contributed by atoms with Gasteiger partial charge in [-0.2, -0.15) is 0 Å². The van der Waals surface area contributed by atoms with Gasteiger partial charge in [0.1, 0.15) is 0 Å². The summed E-state index contributed by atoms with van der Waals surface area (Å²) in [7, 11) is -0.477. The average Bonchev–Trinajstić information content (AvgIpc) is 3.13. The van der Waals surface area contributed by atoms with Crippen LogP contribution in [0.15, 0.2) is 64.9 Å². The smallest absolute Gasteiger partial charge is 0.319 e. The fourth-order valence-electron chi connectivity index (χ4n) is 2.75. The summed E-state index contributed by atoms with van der Waals surface area (Å²) < 4.78 is 25.4. The van der Waals surface area contributed by atoms with Crippen molar-refractivity contribution < 1.29 is 13.2 Å². The maximum atomic E-state index is 12.2. The predicted molar refractivity (Wildman–Crippen MR) is 118 cm³/mol. The van der Waals surface area contributed by atoms with Gasteiger partial charge in [0, 0.05) is 31.2 Å². The van der Waals surface area contributed by atoms with Gasteiger partial charge in [-0.1, -0.05) is 24.3 Å². The van der Waals surface area contributed by atoms with E-state index in [2.05, 4.69) is 23.6 Å². The quantitative estimate of drug-likeness (QED) is 0.613. The van der Waals surface area contributed by atoms with Crippen LogP contribution in [0.1, 0.15) is 11.1 Å². The lowest BCUT2D eigenvalue weighted by molar-refractivity contribution is 0.251. The third kappa shape index (κ3) is 5.03. The molecule has 0 aliphatic heterocycles. The summed E-state index contributed by atoms with van der Waals surface area (Å²) >= 11 is 1.67. The summed E-state index contributed by atoms with van der Waals surface area (Å²) in [5, 5.41) is 7.67. The molecule has 2 aromatic carbocycles. The minimum Gasteiger partial charge on any atom is -0.334 e. The Morgan fingerprint density at radius 2 is 1.79 bits per heavy atom. The second-order valence-corrected chi connectivity index (χ2v) is 9.82. The Bertz CT molecular complexity index is 1100. The summed E-state index contributed by atoms with van der Waals surface area (Å²) in [6, 6.07) is 15.9. The number of nitrogens with one attached hydrogen (secondary N) is 2. The monoisotopic (exact) mass is 429 g/mol. The summed E-state index contributed by atoms with van der Waals surface area (Å²) in [4.78, 5) is 13.6. The molecule has 0 bridgehead atoms. The van der Waals surface area contributed by atoms with Crippen LogP contribution in [0.5, 0.6) is 0 Å². The molecule has 1 aromatic heterocycles. The fourth-order valence-corrected chi connectivity index (χ4v) is 4.58. The number of carbonyl (C=O) groups excluding carboxylic acids is 1. The van der Waals surface area contributed by atoms with E-state index in [9.17, 15) is 13.2 Å². The minimum atomic E-state index is -3.46. The zero-order chi connectivity index (χ0) is 21.0. The van der Waals surface area contributed by atoms with Gasteiger partial charge in [-0.15, -0.1) is 11.3 Å². The summed E-state index contributed by atoms with van der Waals surface area (Å²) in [5.41, 5.74) is 3.78. The van der Waals surface area contributed by atoms with E-state index in [1.165, 1.54) is 41.0 Å². The maximum Gasteiger partial charge on any atom is 0.319 e. The number of rotatable bonds is 6. The molecular weight excluding hydrogens is 406 g/mol. The molecule has 29 heavy (non-hydrogen) atoms. The third-order valence-electron chi connectivity index (χ3n) is 4.40. The van der Waals surface area contributed by atoms with Crippen LogP contribution in [-0.2, 0) is 16.6 Å². The SMILES string of the molecule is Cc1ccsc1-c1cccc(NC(=O)NCc2ccc(S(=O)(=O)N(C)C)cc2)c1. The van der Waals surface area contributed by atoms with Gasteiger partial charge in [0.15, 0.2) is 0 Å². The molecule has 0 aliphatic carbocycles. The molecule has 6 nitrogen and oxygen atoms in total. The van der Waals surface area contributed by atoms with Gasteiger partial charge in [0.05, 0.1) is 4.90 Å². The van der Waals surface area contributed by atoms with Crippen LogP contribution in [0.25, 0.3) is 10.4 Å². The second kappa shape index (κ2) is 8.77. The zero-order valence-corrected chi connectivity index (χ0v) is 18.1. The maximum absolute atomic E-state index is 12.2. The van der Waals surface area contributed by atoms with E-state index >= 15 is 0 Å². The number of carbonyl (C=O) groups is 1. The predicted octanol–water partition coefficient (Wildman–Crippen LogP) is 4.30. The minimum absolute atomic E-state index is 0.219. The van der Waals surface area contributed by atoms with Crippen molar-refractivity contribution in [2.75, 3.05) is 19.4 Å². The highest BCUT2D eigenvalue weighted by molar-refractivity contribution is 7.89. The molecule has 2 amide bonds. The van der Waals surface area contributed by atoms with Gasteiger partial charge in [-0.25, -0.2) is 17.5 Å². The number of sulfonamides is 1. The molecule has 1 heterocycles. The molecule has 3 aromatic rings. The number of benzene rings is 2. The van der Waals surface area contributed by atoms with E-state index in [4.69, 9.17) is 0 Å². The largest absolute Gasteiger partial charge is 0.334 e. The highest BCUT2D eigenvalue weighted by Crippen LogP contribution is 2.30. The molecule has 0 spiro atoms. The van der Waals surface area contributed by atoms with Crippen LogP contribution in [0, 0.1) is 6.92 Å². The normalized spacial score (nSPS) is 11.4. The van der Waals surface area contributed by atoms with Gasteiger partial charge in [-0.05, 0) is 59.3 Å². The van der Waals surface area contributed by atoms with Crippen molar-refractivity contribution in [3.8, 4) is 10.4 Å². The number of amides is 2. The zero-order valence-electron chi connectivity index (χ0n) is 16.5. The first-order valence-corrected chi connectivity index (χ1v) is 11.3. The van der Waals surface area contributed by atoms with Crippen LogP contribution >= 0.6 is 11.3 Å². The molecule has 152 valence electrons. The molecule has 0 aliphatic rings. The molecule has 0 unspecified atom stereocenters. The number of nitrogens with zero attached hydrogens (tertiary/aromatic N) is 1. The Morgan fingerprint density at radius 3 is 2.41 bits per heavy atom. The van der Waals surface area contributed by atoms with Crippen molar-refractivity contribution in [2.45, 2.75) is 18.4 Å². The Morgan fingerprint density at radius 1 is 1.07 bits per heavy atom. The molecule has 8 heteroatoms. The van der Waals surface area contributed by atoms with Crippen LogP contribution < -0.4 is 10.6 Å². The van der Waals surface area contributed by atoms with Crippen LogP contribution in [0.4, 0.5) is 10.5 Å². The summed E-state index contributed by atoms with van der Waals surface area (Å²) in [6.45, 7) is 2.35. The van der Waals surface area contributed by atoms with Crippen molar-refractivity contribution >= 4 is 33.1 Å². The van der Waals surface area contributed by atoms with Crippen LogP contribution in [-0.4, -0.2) is 32.8 Å². The van der Waals surface area contributed by atoms with Gasteiger partial charge >= 0.3 is 6.03 Å². The summed E-state index contributed by atoms with van der Waals surface area (Å²) in [6.07, 6.45) is 0. The number of hydrogen-bond acceptors (Lipinski definition) is 4. The standard InChI is InChI=1S/C21H23N3O3S2/c1-15-11-12-28-20(15)17-5-4-6-18(13-17)23-21(25)22-14-16-7-9-19(10-8-16)29(26,27)24(2)3/h4-13H,14H2,1-3H3,(H2,22,23,25). The van der Waals surface area contributed by atoms with Crippen molar-refractivity contribution in [3.63, 3.8) is 0 Å². The fraction of sp³-hybridized carbons (Fsp3) is 0.190. The van der Waals surface area contributed by atoms with E-state index in [0.29, 0.717) is 5.69 Å². The number of hydrogen-bond donors (Lipinski definition) is 2. The Labute approximate surface area is 175 Å². The van der Waals surface area contributed by atoms with Crippen molar-refractivity contribution in [1.29, 1.82) is 0 Å². The van der Waals surface area contributed by atoms with Crippen molar-refractivity contribution in [2.24, 2.45) is 0 Å². The molecule has 0 saturated heterocycles. The van der Waals surface area contributed by atoms with Crippen molar-refractivity contribution in [1.82, 2.24) is 9.62 Å². The molecule has 0 fully saturated rings. The molecule has 3 rings (SSSR count). The lowest BCUT2D eigenvalue weighted by Gasteiger charge is -2.12. The number of anilines is 1. The first kappa shape index (κ1) is 21.0. The molecular formula is C21H23N3O3S2. The molecule has 0 atom stereocenters. The highest BCUT2D eigenvalue weighted by atomic mass is 32.2. The lowest BCUT2D eigenvalue weighted by Crippen LogP contribution is -2.28. The van der Waals surface area contributed by atoms with E-state index in [0.717, 1.165) is 11.1 Å². The Hall–Kier alpha value is -2.68. The third-order valence-corrected chi connectivity index (χ3v) is 7.29. The molecule has 0 radical (unpaired) electrons. The van der Waals surface area contributed by atoms with Crippen LogP contribution in [0.3, 0.4) is 0 Å². The Kier molecular flexibility index (Phi) is 6.36. The Balaban J connectivity index is 1.60. The van der Waals surface area contributed by atoms with E-state index in [1.807, 2.05) is 29.6 Å². The molecule has 0 saturated carbocycles. The average molecular weight is 430 g/mol. The second-order valence-electron chi connectivity index (χ2n) is 6.75. The number of urea groups is 1. The van der Waals surface area contributed by atoms with E-state index < -0.39 is 10.0 Å². The van der Waals surface area contributed by atoms with Gasteiger partial charge in [-0.3, -0.25) is 0 Å². The van der Waals surface area contributed by atoms with Crippen molar-refractivity contribution in [3.05, 3.63) is 71.1 Å². The van der Waals surface area contributed by atoms with Crippen LogP contribution in [0.2, 0.25) is 0 Å². The van der Waals surface area contributed by atoms with E-state index in [-0.39, 0.29) is 17.5 Å².